The number of esters is 1. The second-order valence-electron chi connectivity index (χ2n) is 3.58. The second-order valence-corrected chi connectivity index (χ2v) is 3.58. The number of carbonyl (C=O) groups excluding carboxylic acids is 1. The van der Waals surface area contributed by atoms with Gasteiger partial charge in [0.25, 0.3) is 0 Å². The van der Waals surface area contributed by atoms with Crippen molar-refractivity contribution in [2.24, 2.45) is 0 Å². The highest BCUT2D eigenvalue weighted by molar-refractivity contribution is 5.85. The van der Waals surface area contributed by atoms with Crippen LogP contribution in [0.2, 0.25) is 0 Å². The number of unbranched alkanes of at least 4 members (excludes halogenated alkanes) is 3. The minimum Gasteiger partial charge on any atom is -0.481 e. The van der Waals surface area contributed by atoms with Crippen LogP contribution in [0.15, 0.2) is 0 Å². The molecule has 0 bridgehead atoms. The molecule has 0 aliphatic rings. The standard InChI is InChI=1S/C12H23NO3.ClH/c1-3-15-11(13)9-7-5-6-8-10-12(14)16-4-2;/h13H,3-10H2,1-2H3;1H. The van der Waals surface area contributed by atoms with E-state index in [2.05, 4.69) is 0 Å². The van der Waals surface area contributed by atoms with Crippen molar-refractivity contribution in [3.63, 3.8) is 0 Å². The number of rotatable bonds is 9. The van der Waals surface area contributed by atoms with E-state index in [0.717, 1.165) is 25.7 Å². The molecule has 5 heteroatoms. The Kier molecular flexibility index (Phi) is 14.5. The Bertz CT molecular complexity index is 188. The molecule has 0 aromatic heterocycles. The minimum absolute atomic E-state index is 0. The van der Waals surface area contributed by atoms with Crippen molar-refractivity contribution in [2.45, 2.75) is 52.4 Å². The number of halogens is 1. The van der Waals surface area contributed by atoms with Gasteiger partial charge >= 0.3 is 5.97 Å². The van der Waals surface area contributed by atoms with Crippen molar-refractivity contribution < 1.29 is 14.3 Å². The van der Waals surface area contributed by atoms with Gasteiger partial charge < -0.3 is 9.47 Å². The Balaban J connectivity index is 0. The topological polar surface area (TPSA) is 59.4 Å². The molecule has 0 aromatic carbocycles. The van der Waals surface area contributed by atoms with Crippen molar-refractivity contribution in [2.75, 3.05) is 13.2 Å². The Morgan fingerprint density at radius 3 is 2.00 bits per heavy atom. The molecule has 0 aliphatic carbocycles. The van der Waals surface area contributed by atoms with Crippen LogP contribution in [0, 0.1) is 5.41 Å². The summed E-state index contributed by atoms with van der Waals surface area (Å²) < 4.78 is 9.85. The molecule has 0 fully saturated rings. The molecule has 0 saturated heterocycles. The molecule has 0 amide bonds. The Morgan fingerprint density at radius 2 is 1.47 bits per heavy atom. The van der Waals surface area contributed by atoms with E-state index < -0.39 is 0 Å². The summed E-state index contributed by atoms with van der Waals surface area (Å²) in [4.78, 5) is 11.0. The third-order valence-electron chi connectivity index (χ3n) is 2.16. The van der Waals surface area contributed by atoms with E-state index in [1.54, 1.807) is 0 Å². The van der Waals surface area contributed by atoms with Gasteiger partial charge in [0.05, 0.1) is 13.2 Å². The highest BCUT2D eigenvalue weighted by Crippen LogP contribution is 2.07. The monoisotopic (exact) mass is 265 g/mol. The summed E-state index contributed by atoms with van der Waals surface area (Å²) in [5.41, 5.74) is 0. The third-order valence-corrected chi connectivity index (χ3v) is 2.16. The van der Waals surface area contributed by atoms with Crippen molar-refractivity contribution in [1.82, 2.24) is 0 Å². The molecule has 0 aromatic rings. The molecule has 0 spiro atoms. The molecule has 0 radical (unpaired) electrons. The molecule has 0 atom stereocenters. The van der Waals surface area contributed by atoms with Crippen LogP contribution in [-0.2, 0) is 14.3 Å². The van der Waals surface area contributed by atoms with E-state index in [0.29, 0.717) is 32.0 Å². The Morgan fingerprint density at radius 1 is 0.941 bits per heavy atom. The fourth-order valence-corrected chi connectivity index (χ4v) is 1.39. The lowest BCUT2D eigenvalue weighted by Crippen LogP contribution is -2.04. The summed E-state index contributed by atoms with van der Waals surface area (Å²) in [6.45, 7) is 4.73. The zero-order valence-electron chi connectivity index (χ0n) is 10.8. The lowest BCUT2D eigenvalue weighted by Gasteiger charge is -2.04. The highest BCUT2D eigenvalue weighted by Gasteiger charge is 2.01. The van der Waals surface area contributed by atoms with Gasteiger partial charge in [-0.3, -0.25) is 10.2 Å². The van der Waals surface area contributed by atoms with Crippen molar-refractivity contribution in [1.29, 1.82) is 5.41 Å². The van der Waals surface area contributed by atoms with Gasteiger partial charge in [-0.25, -0.2) is 0 Å². The highest BCUT2D eigenvalue weighted by atomic mass is 35.5. The second kappa shape index (κ2) is 13.3. The van der Waals surface area contributed by atoms with Gasteiger partial charge in [-0.1, -0.05) is 12.8 Å². The first-order valence-electron chi connectivity index (χ1n) is 6.06. The molecular formula is C12H24ClNO3. The van der Waals surface area contributed by atoms with Crippen LogP contribution in [0.3, 0.4) is 0 Å². The van der Waals surface area contributed by atoms with Crippen LogP contribution < -0.4 is 0 Å². The summed E-state index contributed by atoms with van der Waals surface area (Å²) in [5, 5.41) is 7.40. The summed E-state index contributed by atoms with van der Waals surface area (Å²) in [5.74, 6) is 0.262. The van der Waals surface area contributed by atoms with E-state index >= 15 is 0 Å². The average molecular weight is 266 g/mol. The third kappa shape index (κ3) is 13.2. The Labute approximate surface area is 110 Å². The fourth-order valence-electron chi connectivity index (χ4n) is 1.39. The van der Waals surface area contributed by atoms with Gasteiger partial charge in [0.2, 0.25) is 0 Å². The summed E-state index contributed by atoms with van der Waals surface area (Å²) in [7, 11) is 0. The summed E-state index contributed by atoms with van der Waals surface area (Å²) >= 11 is 0. The lowest BCUT2D eigenvalue weighted by atomic mass is 10.1. The predicted octanol–water partition coefficient (Wildman–Crippen LogP) is 3.33. The van der Waals surface area contributed by atoms with Crippen LogP contribution in [0.25, 0.3) is 0 Å². The van der Waals surface area contributed by atoms with E-state index in [4.69, 9.17) is 14.9 Å². The molecule has 1 N–H and O–H groups in total. The maximum Gasteiger partial charge on any atom is 0.305 e. The largest absolute Gasteiger partial charge is 0.481 e. The van der Waals surface area contributed by atoms with Gasteiger partial charge in [-0.05, 0) is 26.7 Å². The average Bonchev–Trinajstić information content (AvgIpc) is 2.24. The molecule has 0 rings (SSSR count). The number of ether oxygens (including phenoxy) is 2. The molecule has 0 aliphatic heterocycles. The molecule has 0 heterocycles. The molecule has 4 nitrogen and oxygen atoms in total. The lowest BCUT2D eigenvalue weighted by molar-refractivity contribution is -0.143. The maximum absolute atomic E-state index is 11.0. The number of hydrogen-bond acceptors (Lipinski definition) is 4. The van der Waals surface area contributed by atoms with Gasteiger partial charge in [0, 0.05) is 12.8 Å². The van der Waals surface area contributed by atoms with Gasteiger partial charge in [0.1, 0.15) is 0 Å². The summed E-state index contributed by atoms with van der Waals surface area (Å²) in [6.07, 6.45) is 5.10. The summed E-state index contributed by atoms with van der Waals surface area (Å²) in [6, 6.07) is 0. The molecule has 17 heavy (non-hydrogen) atoms. The zero-order valence-corrected chi connectivity index (χ0v) is 11.6. The quantitative estimate of drug-likeness (QED) is 0.301. The van der Waals surface area contributed by atoms with Crippen LogP contribution in [-0.4, -0.2) is 25.1 Å². The van der Waals surface area contributed by atoms with E-state index in [1.807, 2.05) is 13.8 Å². The fraction of sp³-hybridized carbons (Fsp3) is 0.833. The molecule has 0 saturated carbocycles. The van der Waals surface area contributed by atoms with E-state index in [-0.39, 0.29) is 18.4 Å². The first-order valence-corrected chi connectivity index (χ1v) is 6.06. The van der Waals surface area contributed by atoms with E-state index in [1.165, 1.54) is 0 Å². The Hall–Kier alpha value is -0.770. The van der Waals surface area contributed by atoms with Crippen molar-refractivity contribution in [3.8, 4) is 0 Å². The van der Waals surface area contributed by atoms with Crippen LogP contribution in [0.1, 0.15) is 52.4 Å². The van der Waals surface area contributed by atoms with Crippen molar-refractivity contribution in [3.05, 3.63) is 0 Å². The van der Waals surface area contributed by atoms with Crippen LogP contribution in [0.5, 0.6) is 0 Å². The van der Waals surface area contributed by atoms with Crippen molar-refractivity contribution >= 4 is 24.3 Å². The van der Waals surface area contributed by atoms with Gasteiger partial charge in [0.15, 0.2) is 5.90 Å². The molecule has 0 unspecified atom stereocenters. The van der Waals surface area contributed by atoms with E-state index in [9.17, 15) is 4.79 Å². The smallest absolute Gasteiger partial charge is 0.305 e. The van der Waals surface area contributed by atoms with Crippen LogP contribution in [0.4, 0.5) is 0 Å². The van der Waals surface area contributed by atoms with Crippen LogP contribution >= 0.6 is 12.4 Å². The normalized spacial score (nSPS) is 9.29. The minimum atomic E-state index is -0.107. The SMILES string of the molecule is CCOC(=N)CCCCCCC(=O)OCC.Cl. The number of nitrogens with one attached hydrogen (secondary N) is 1. The van der Waals surface area contributed by atoms with Gasteiger partial charge in [-0.2, -0.15) is 0 Å². The number of carbonyl (C=O) groups is 1. The molecule has 102 valence electrons. The predicted molar refractivity (Wildman–Crippen MR) is 70.9 cm³/mol. The number of hydrogen-bond donors (Lipinski definition) is 1. The first-order chi connectivity index (χ1) is 7.70. The maximum atomic E-state index is 11.0. The first kappa shape index (κ1) is 18.6. The zero-order chi connectivity index (χ0) is 12.2. The van der Waals surface area contributed by atoms with Gasteiger partial charge in [-0.15, -0.1) is 12.4 Å². The molecular weight excluding hydrogens is 242 g/mol.